The van der Waals surface area contributed by atoms with Gasteiger partial charge in [-0.05, 0) is 81.8 Å². The number of fused-ring (bicyclic) bond motifs is 1. The molecule has 1 saturated carbocycles. The smallest absolute Gasteiger partial charge is 0.343 e. The van der Waals surface area contributed by atoms with Crippen LogP contribution in [0.1, 0.15) is 67.1 Å². The van der Waals surface area contributed by atoms with E-state index < -0.39 is 28.7 Å². The Hall–Kier alpha value is -4.28. The van der Waals surface area contributed by atoms with Crippen LogP contribution in [0.3, 0.4) is 0 Å². The summed E-state index contributed by atoms with van der Waals surface area (Å²) < 4.78 is 46.0. The SMILES string of the molecule is CCc1cc(Nc2cc(=O)n(CCCCN3CCN(c4c(F)cc5c(=O)c(C(=O)OCCN6CCOCC6)cn(C6CC6)c5c4F)C[C@H]3C)c(=O)[nH]2)ccc1C.Cl.Cl. The summed E-state index contributed by atoms with van der Waals surface area (Å²) in [6.45, 7) is 11.6. The van der Waals surface area contributed by atoms with E-state index in [0.717, 1.165) is 44.1 Å². The van der Waals surface area contributed by atoms with Gasteiger partial charge in [0.25, 0.3) is 5.56 Å². The molecule has 0 amide bonds. The Balaban J connectivity index is 0.00000320. The molecule has 2 saturated heterocycles. The normalized spacial score (nSPS) is 17.5. The molecule has 2 aliphatic heterocycles. The molecule has 2 N–H and O–H groups in total. The largest absolute Gasteiger partial charge is 0.461 e. The molecule has 3 fully saturated rings. The van der Waals surface area contributed by atoms with Gasteiger partial charge >= 0.3 is 11.7 Å². The van der Waals surface area contributed by atoms with E-state index in [2.05, 4.69) is 27.0 Å². The first-order valence-corrected chi connectivity index (χ1v) is 19.8. The predicted molar refractivity (Wildman–Crippen MR) is 226 cm³/mol. The molecule has 13 nitrogen and oxygen atoms in total. The van der Waals surface area contributed by atoms with Crippen LogP contribution in [-0.2, 0) is 22.4 Å². The van der Waals surface area contributed by atoms with Gasteiger partial charge in [0.1, 0.15) is 29.5 Å². The van der Waals surface area contributed by atoms with Crippen molar-refractivity contribution >= 4 is 58.9 Å². The van der Waals surface area contributed by atoms with Crippen LogP contribution in [0.4, 0.5) is 26.0 Å². The predicted octanol–water partition coefficient (Wildman–Crippen LogP) is 5.40. The summed E-state index contributed by atoms with van der Waals surface area (Å²) in [6.07, 6.45) is 5.07. The summed E-state index contributed by atoms with van der Waals surface area (Å²) in [4.78, 5) is 61.1. The van der Waals surface area contributed by atoms with Crippen LogP contribution in [0.15, 0.2) is 50.9 Å². The summed E-state index contributed by atoms with van der Waals surface area (Å²) in [6, 6.07) is 8.22. The van der Waals surface area contributed by atoms with E-state index in [1.165, 1.54) is 28.0 Å². The number of hydrogen-bond acceptors (Lipinski definition) is 10. The number of aromatic nitrogens is 3. The molecule has 1 atom stereocenters. The summed E-state index contributed by atoms with van der Waals surface area (Å²) in [5.74, 6) is -2.13. The number of anilines is 3. The number of H-pyrrole nitrogens is 1. The lowest BCUT2D eigenvalue weighted by Crippen LogP contribution is -2.52. The topological polar surface area (TPSA) is 134 Å². The maximum atomic E-state index is 16.5. The Labute approximate surface area is 348 Å². The lowest BCUT2D eigenvalue weighted by Gasteiger charge is -2.41. The number of morpholine rings is 1. The van der Waals surface area contributed by atoms with Crippen molar-refractivity contribution in [3.8, 4) is 0 Å². The highest BCUT2D eigenvalue weighted by Gasteiger charge is 2.33. The van der Waals surface area contributed by atoms with Crippen molar-refractivity contribution < 1.29 is 23.0 Å². The van der Waals surface area contributed by atoms with Crippen LogP contribution in [0.2, 0.25) is 0 Å². The first kappa shape index (κ1) is 44.8. The molecule has 7 rings (SSSR count). The molecule has 17 heteroatoms. The molecular formula is C41H53Cl2F2N7O6. The number of aryl methyl sites for hydroxylation is 2. The number of rotatable bonds is 14. The maximum Gasteiger partial charge on any atom is 0.343 e. The second kappa shape index (κ2) is 19.6. The van der Waals surface area contributed by atoms with Gasteiger partial charge in [-0.2, -0.15) is 0 Å². The molecule has 4 heterocycles. The van der Waals surface area contributed by atoms with Gasteiger partial charge in [-0.15, -0.1) is 24.8 Å². The van der Waals surface area contributed by atoms with Crippen molar-refractivity contribution in [1.82, 2.24) is 23.9 Å². The summed E-state index contributed by atoms with van der Waals surface area (Å²) in [7, 11) is 0. The Bertz CT molecular complexity index is 2240. The van der Waals surface area contributed by atoms with E-state index in [4.69, 9.17) is 9.47 Å². The number of hydrogen-bond donors (Lipinski definition) is 2. The zero-order chi connectivity index (χ0) is 39.5. The molecule has 1 aliphatic carbocycles. The van der Waals surface area contributed by atoms with E-state index in [9.17, 15) is 19.2 Å². The third-order valence-corrected chi connectivity index (χ3v) is 11.3. The number of ether oxygens (including phenoxy) is 2. The lowest BCUT2D eigenvalue weighted by molar-refractivity contribution is 0.0195. The Morgan fingerprint density at radius 2 is 1.72 bits per heavy atom. The Morgan fingerprint density at radius 3 is 2.41 bits per heavy atom. The monoisotopic (exact) mass is 847 g/mol. The first-order valence-electron chi connectivity index (χ1n) is 19.8. The Kier molecular flexibility index (Phi) is 15.2. The van der Waals surface area contributed by atoms with E-state index in [0.29, 0.717) is 64.6 Å². The number of carbonyl (C=O) groups excluding carboxylic acids is 1. The van der Waals surface area contributed by atoms with Crippen molar-refractivity contribution in [3.63, 3.8) is 0 Å². The van der Waals surface area contributed by atoms with Gasteiger partial charge in [0.15, 0.2) is 5.82 Å². The minimum Gasteiger partial charge on any atom is -0.461 e. The number of nitrogens with one attached hydrogen (secondary N) is 2. The van der Waals surface area contributed by atoms with E-state index in [1.807, 2.05) is 32.0 Å². The quantitative estimate of drug-likeness (QED) is 0.126. The van der Waals surface area contributed by atoms with Gasteiger partial charge < -0.3 is 24.3 Å². The molecule has 0 spiro atoms. The standard InChI is InChI=1S/C41H51F2N7O6.2ClH/c1-4-28-21-29(8-7-26(28)2)44-34-23-35(51)49(41(54)45-34)12-6-5-11-47-13-14-48(24-27(47)3)38-33(42)22-31-37(36(38)43)50(30-9-10-30)25-32(39(31)52)40(53)56-20-17-46-15-18-55-19-16-46;;/h7-8,21-23,25,27,30,44H,4-6,9-20,24H2,1-3H3,(H,45,54);2*1H/t27-;;/m1../s1. The minimum absolute atomic E-state index is 0. The summed E-state index contributed by atoms with van der Waals surface area (Å²) in [5.41, 5.74) is 1.14. The molecule has 4 aromatic rings. The van der Waals surface area contributed by atoms with Crippen molar-refractivity contribution in [1.29, 1.82) is 0 Å². The van der Waals surface area contributed by atoms with Crippen molar-refractivity contribution in [3.05, 3.63) is 95.9 Å². The number of halogens is 4. The van der Waals surface area contributed by atoms with Crippen LogP contribution < -0.4 is 26.9 Å². The van der Waals surface area contributed by atoms with Gasteiger partial charge in [0, 0.05) is 75.8 Å². The minimum atomic E-state index is -0.852. The second-order valence-electron chi connectivity index (χ2n) is 15.2. The van der Waals surface area contributed by atoms with Crippen LogP contribution in [-0.4, -0.2) is 102 Å². The number of pyridine rings is 1. The van der Waals surface area contributed by atoms with E-state index in [-0.39, 0.29) is 77.8 Å². The van der Waals surface area contributed by atoms with E-state index in [1.54, 1.807) is 9.47 Å². The molecule has 0 unspecified atom stereocenters. The van der Waals surface area contributed by atoms with Crippen LogP contribution in [0.5, 0.6) is 0 Å². The lowest BCUT2D eigenvalue weighted by atomic mass is 10.1. The first-order chi connectivity index (χ1) is 27.0. The molecule has 2 aromatic heterocycles. The molecule has 0 radical (unpaired) electrons. The van der Waals surface area contributed by atoms with Crippen LogP contribution >= 0.6 is 24.8 Å². The van der Waals surface area contributed by atoms with E-state index >= 15 is 8.78 Å². The van der Waals surface area contributed by atoms with Gasteiger partial charge in [0.05, 0.1) is 24.1 Å². The number of piperazine rings is 1. The number of carbonyl (C=O) groups is 1. The van der Waals surface area contributed by atoms with Crippen molar-refractivity contribution in [2.75, 3.05) is 75.9 Å². The van der Waals surface area contributed by atoms with Crippen LogP contribution in [0, 0.1) is 18.6 Å². The summed E-state index contributed by atoms with van der Waals surface area (Å²) in [5, 5.41) is 2.96. The number of nitrogens with zero attached hydrogens (tertiary/aromatic N) is 5. The zero-order valence-electron chi connectivity index (χ0n) is 33.2. The fourth-order valence-electron chi connectivity index (χ4n) is 7.88. The molecule has 3 aliphatic rings. The number of aromatic amines is 1. The molecule has 58 heavy (non-hydrogen) atoms. The maximum absolute atomic E-state index is 16.5. The van der Waals surface area contributed by atoms with Gasteiger partial charge in [0.2, 0.25) is 5.43 Å². The second-order valence-corrected chi connectivity index (χ2v) is 15.2. The zero-order valence-corrected chi connectivity index (χ0v) is 34.8. The highest BCUT2D eigenvalue weighted by atomic mass is 35.5. The Morgan fingerprint density at radius 1 is 0.983 bits per heavy atom. The highest BCUT2D eigenvalue weighted by molar-refractivity contribution is 5.95. The van der Waals surface area contributed by atoms with Crippen molar-refractivity contribution in [2.45, 2.75) is 71.5 Å². The van der Waals surface area contributed by atoms with Gasteiger partial charge in [-0.1, -0.05) is 13.0 Å². The molecule has 0 bridgehead atoms. The highest BCUT2D eigenvalue weighted by Crippen LogP contribution is 2.40. The molecule has 316 valence electrons. The fraction of sp³-hybridized carbons (Fsp3) is 0.512. The van der Waals surface area contributed by atoms with Crippen LogP contribution in [0.25, 0.3) is 10.9 Å². The number of esters is 1. The summed E-state index contributed by atoms with van der Waals surface area (Å²) >= 11 is 0. The molecule has 2 aromatic carbocycles. The van der Waals surface area contributed by atoms with Gasteiger partial charge in [-0.3, -0.25) is 28.9 Å². The van der Waals surface area contributed by atoms with Gasteiger partial charge in [-0.25, -0.2) is 18.4 Å². The fourth-order valence-corrected chi connectivity index (χ4v) is 7.88. The van der Waals surface area contributed by atoms with Crippen molar-refractivity contribution in [2.24, 2.45) is 0 Å². The number of unbranched alkanes of at least 4 members (excludes halogenated alkanes) is 1. The third kappa shape index (κ3) is 9.94. The molecular weight excluding hydrogens is 795 g/mol. The average Bonchev–Trinajstić information content (AvgIpc) is 4.02. The average molecular weight is 849 g/mol. The third-order valence-electron chi connectivity index (χ3n) is 11.3. The number of benzene rings is 2.